The lowest BCUT2D eigenvalue weighted by atomic mass is 9.97. The summed E-state index contributed by atoms with van der Waals surface area (Å²) in [6.07, 6.45) is 9.08. The maximum Gasteiger partial charge on any atom is 0.213 e. The number of pyridine rings is 4. The molecular weight excluding hydrogens is 1130 g/mol. The zero-order chi connectivity index (χ0) is 72.4. The van der Waals surface area contributed by atoms with Gasteiger partial charge in [-0.15, -0.1) is 0 Å². The number of nitrogens with zero attached hydrogens (tertiary/aromatic N) is 4. The van der Waals surface area contributed by atoms with Crippen LogP contribution in [0.25, 0.3) is 89.5 Å². The molecule has 92 heavy (non-hydrogen) atoms. The Morgan fingerprint density at radius 2 is 0.761 bits per heavy atom. The van der Waals surface area contributed by atoms with Gasteiger partial charge in [0.15, 0.2) is 24.8 Å². The molecule has 6 heteroatoms. The van der Waals surface area contributed by atoms with Crippen molar-refractivity contribution in [2.24, 2.45) is 34.1 Å². The average Bonchev–Trinajstić information content (AvgIpc) is 0.822. The van der Waals surface area contributed by atoms with E-state index in [0.717, 1.165) is 51.2 Å². The second kappa shape index (κ2) is 30.8. The van der Waals surface area contributed by atoms with Crippen LogP contribution in [0.15, 0.2) is 255 Å². The van der Waals surface area contributed by atoms with Crippen LogP contribution in [0.5, 0.6) is 0 Å². The standard InChI is InChI=1S/C23H25FN.C22H23FN.C21H22N.C20H20N/c1-16(2)13-20-14-18(9-11-22(20)24)19-10-12-23(25(4)15-19)21-8-6-5-7-17(21)3;1-15(2)20-13-17(9-11-21(20)23)18-10-12-22(24(4)14-18)19-8-6-5-7-16(19)3;1-4-17-9-11-18(12-10-17)19-13-14-22(3)21(15-19)20-8-6-5-7-16(20)2;1-15-8-10-17(11-9-15)18-12-13-21(3)20(14-18)19-7-5-4-6-16(19)2/h5-12,14-16H,13H2,1-4H3;5-15H,1-4H3;5-15H,4H2,1-3H3;4-14H,1-3H3/q4*+1/i1D3,16D;1D3,15D;;. The molecule has 0 saturated heterocycles. The summed E-state index contributed by atoms with van der Waals surface area (Å²) in [6, 6.07) is 76.7. The summed E-state index contributed by atoms with van der Waals surface area (Å²) >= 11 is 0. The first-order chi connectivity index (χ1) is 47.3. The molecule has 0 N–H and O–H groups in total. The van der Waals surface area contributed by atoms with E-state index in [2.05, 4.69) is 223 Å². The van der Waals surface area contributed by atoms with Crippen LogP contribution in [0.3, 0.4) is 0 Å². The molecule has 12 aromatic rings. The highest BCUT2D eigenvalue weighted by atomic mass is 19.1. The van der Waals surface area contributed by atoms with E-state index in [-0.39, 0.29) is 17.5 Å². The van der Waals surface area contributed by atoms with E-state index in [9.17, 15) is 8.78 Å². The Labute approximate surface area is 558 Å². The average molecular weight is 1230 g/mol. The third kappa shape index (κ3) is 16.6. The Morgan fingerprint density at radius 1 is 0.380 bits per heavy atom. The fraction of sp³-hybridized carbons (Fsp3) is 0.209. The van der Waals surface area contributed by atoms with Crippen LogP contribution in [-0.4, -0.2) is 0 Å². The first-order valence-electron chi connectivity index (χ1n) is 35.3. The first-order valence-corrected chi connectivity index (χ1v) is 31.3. The van der Waals surface area contributed by atoms with Crippen molar-refractivity contribution in [3.05, 3.63) is 311 Å². The highest BCUT2D eigenvalue weighted by molar-refractivity contribution is 5.73. The molecule has 4 heterocycles. The number of rotatable bonds is 12. The number of benzene rings is 8. The number of aromatic nitrogens is 4. The van der Waals surface area contributed by atoms with E-state index in [4.69, 9.17) is 11.0 Å². The van der Waals surface area contributed by atoms with Crippen molar-refractivity contribution in [2.75, 3.05) is 0 Å². The fourth-order valence-corrected chi connectivity index (χ4v) is 11.4. The molecule has 464 valence electrons. The Hall–Kier alpha value is -9.78. The lowest BCUT2D eigenvalue weighted by Crippen LogP contribution is -2.30. The van der Waals surface area contributed by atoms with Gasteiger partial charge in [-0.2, -0.15) is 0 Å². The van der Waals surface area contributed by atoms with E-state index in [1.54, 1.807) is 18.2 Å². The monoisotopic (exact) mass is 1220 g/mol. The number of aryl methyl sites for hydroxylation is 10. The zero-order valence-electron chi connectivity index (χ0n) is 63.2. The van der Waals surface area contributed by atoms with Crippen LogP contribution >= 0.6 is 0 Å². The van der Waals surface area contributed by atoms with Gasteiger partial charge in [0.2, 0.25) is 22.8 Å². The van der Waals surface area contributed by atoms with Gasteiger partial charge in [0.05, 0.1) is 0 Å². The van der Waals surface area contributed by atoms with Crippen LogP contribution in [0.1, 0.15) is 95.8 Å². The smallest absolute Gasteiger partial charge is 0.207 e. The third-order valence-corrected chi connectivity index (χ3v) is 16.9. The van der Waals surface area contributed by atoms with Crippen molar-refractivity contribution >= 4 is 0 Å². The van der Waals surface area contributed by atoms with E-state index in [1.165, 1.54) is 105 Å². The van der Waals surface area contributed by atoms with Crippen LogP contribution in [0.4, 0.5) is 8.78 Å². The maximum absolute atomic E-state index is 14.3. The fourth-order valence-electron chi connectivity index (χ4n) is 11.4. The Morgan fingerprint density at radius 3 is 1.17 bits per heavy atom. The van der Waals surface area contributed by atoms with Gasteiger partial charge >= 0.3 is 0 Å². The molecule has 0 radical (unpaired) electrons. The second-order valence-corrected chi connectivity index (χ2v) is 23.9. The van der Waals surface area contributed by atoms with Gasteiger partial charge in [-0.1, -0.05) is 173 Å². The topological polar surface area (TPSA) is 15.5 Å². The number of hydrogen-bond donors (Lipinski definition) is 0. The molecule has 0 aliphatic carbocycles. The van der Waals surface area contributed by atoms with Crippen LogP contribution in [0, 0.1) is 52.1 Å². The minimum absolute atomic E-state index is 0.129. The molecule has 0 aliphatic rings. The van der Waals surface area contributed by atoms with Crippen molar-refractivity contribution in [3.8, 4) is 89.5 Å². The molecular formula is C86H90F2N4+4. The van der Waals surface area contributed by atoms with Gasteiger partial charge in [-0.05, 0) is 192 Å². The number of hydrogen-bond acceptors (Lipinski definition) is 0. The molecule has 2 atom stereocenters. The molecule has 0 spiro atoms. The Kier molecular flexibility index (Phi) is 18.8. The zero-order valence-corrected chi connectivity index (χ0v) is 55.2. The molecule has 4 aromatic heterocycles. The van der Waals surface area contributed by atoms with E-state index in [0.29, 0.717) is 5.56 Å². The molecule has 2 unspecified atom stereocenters. The second-order valence-electron chi connectivity index (χ2n) is 23.9. The maximum atomic E-state index is 14.3. The summed E-state index contributed by atoms with van der Waals surface area (Å²) in [5, 5.41) is 0. The summed E-state index contributed by atoms with van der Waals surface area (Å²) in [4.78, 5) is 0. The van der Waals surface area contributed by atoms with E-state index in [1.807, 2.05) is 84.2 Å². The molecule has 0 amide bonds. The summed E-state index contributed by atoms with van der Waals surface area (Å²) in [5.74, 6) is -4.96. The minimum atomic E-state index is -2.63. The van der Waals surface area contributed by atoms with Crippen LogP contribution < -0.4 is 18.3 Å². The van der Waals surface area contributed by atoms with Crippen molar-refractivity contribution in [1.82, 2.24) is 0 Å². The Bertz CT molecular complexity index is 4850. The summed E-state index contributed by atoms with van der Waals surface area (Å²) in [7, 11) is 8.10. The predicted molar refractivity (Wildman–Crippen MR) is 380 cm³/mol. The van der Waals surface area contributed by atoms with Gasteiger partial charge in [0.25, 0.3) is 0 Å². The third-order valence-electron chi connectivity index (χ3n) is 16.9. The van der Waals surface area contributed by atoms with Gasteiger partial charge < -0.3 is 0 Å². The van der Waals surface area contributed by atoms with Crippen molar-refractivity contribution in [3.63, 3.8) is 0 Å². The van der Waals surface area contributed by atoms with Crippen molar-refractivity contribution in [1.29, 1.82) is 0 Å². The Balaban J connectivity index is 0.000000157. The molecule has 12 rings (SSSR count). The van der Waals surface area contributed by atoms with Crippen LogP contribution in [0.2, 0.25) is 0 Å². The van der Waals surface area contributed by atoms with Crippen molar-refractivity contribution < 1.29 is 38.0 Å². The number of halogens is 2. The summed E-state index contributed by atoms with van der Waals surface area (Å²) in [6.45, 7) is 10.2. The molecule has 0 fully saturated rings. The summed E-state index contributed by atoms with van der Waals surface area (Å²) < 4.78 is 98.8. The van der Waals surface area contributed by atoms with Gasteiger partial charge in [0.1, 0.15) is 39.8 Å². The van der Waals surface area contributed by atoms with Gasteiger partial charge in [-0.3, -0.25) is 0 Å². The lowest BCUT2D eigenvalue weighted by Gasteiger charge is -2.10. The highest BCUT2D eigenvalue weighted by Crippen LogP contribution is 2.31. The predicted octanol–water partition coefficient (Wildman–Crippen LogP) is 20.1. The molecule has 0 aliphatic heterocycles. The molecule has 4 nitrogen and oxygen atoms in total. The minimum Gasteiger partial charge on any atom is -0.207 e. The van der Waals surface area contributed by atoms with E-state index >= 15 is 0 Å². The lowest BCUT2D eigenvalue weighted by molar-refractivity contribution is -0.660. The highest BCUT2D eigenvalue weighted by Gasteiger charge is 2.19. The van der Waals surface area contributed by atoms with Gasteiger partial charge in [-0.25, -0.2) is 27.0 Å². The van der Waals surface area contributed by atoms with Crippen LogP contribution in [-0.2, 0) is 41.0 Å². The SMILES string of the molecule is CCc1ccc(-c2cc[n+](C)c(-c3ccccc3C)c2)cc1.Cc1ccc(-c2cc[n+](C)c(-c3ccccc3C)c2)cc1.[2H]C([2H])([2H])C([2H])(C)Cc1cc(-c2ccc(-c3ccccc3C)[n+](C)c2)ccc1F.[2H]C([2H])([2H])C([2H])(C)c1cc(-c2ccc(-c3ccccc3C)[n+](C)c2)ccc1F. The normalized spacial score (nSPS) is 13.7. The molecule has 0 saturated carbocycles. The van der Waals surface area contributed by atoms with Gasteiger partial charge in [0, 0.05) is 80.7 Å². The largest absolute Gasteiger partial charge is 0.213 e. The molecule has 8 aromatic carbocycles. The molecule has 0 bridgehead atoms. The van der Waals surface area contributed by atoms with E-state index < -0.39 is 37.1 Å². The van der Waals surface area contributed by atoms with Crippen molar-refractivity contribution in [2.45, 2.75) is 87.8 Å². The summed E-state index contributed by atoms with van der Waals surface area (Å²) in [5.41, 5.74) is 25.4. The first kappa shape index (κ1) is 56.2. The quantitative estimate of drug-likeness (QED) is 0.108.